The van der Waals surface area contributed by atoms with E-state index in [1.807, 2.05) is 0 Å². The second-order valence-corrected chi connectivity index (χ2v) is 4.97. The number of halogens is 1. The number of carbonyl (C=O) groups excluding carboxylic acids is 1. The van der Waals surface area contributed by atoms with E-state index in [1.54, 1.807) is 0 Å². The Bertz CT molecular complexity index is 290. The summed E-state index contributed by atoms with van der Waals surface area (Å²) in [5.41, 5.74) is 0. The molecular formula is C13H25ClN2O4. The summed E-state index contributed by atoms with van der Waals surface area (Å²) in [5, 5.41) is 23.0. The lowest BCUT2D eigenvalue weighted by molar-refractivity contribution is -0.140. The van der Waals surface area contributed by atoms with Gasteiger partial charge in [0.05, 0.1) is 6.04 Å². The van der Waals surface area contributed by atoms with Crippen molar-refractivity contribution in [3.05, 3.63) is 0 Å². The van der Waals surface area contributed by atoms with Crippen LogP contribution in [0.25, 0.3) is 0 Å². The van der Waals surface area contributed by atoms with Gasteiger partial charge in [-0.2, -0.15) is 0 Å². The smallest absolute Gasteiger partial charge is 0.320 e. The number of carboxylic acid groups (broad SMARTS) is 1. The zero-order valence-corrected chi connectivity index (χ0v) is 12.5. The Morgan fingerprint density at radius 2 is 1.45 bits per heavy atom. The Morgan fingerprint density at radius 1 is 0.950 bits per heavy atom. The molecule has 0 saturated carbocycles. The normalized spacial score (nSPS) is 25.6. The fourth-order valence-electron chi connectivity index (χ4n) is 2.30. The Hall–Kier alpha value is -0.690. The van der Waals surface area contributed by atoms with Crippen LogP contribution in [0.15, 0.2) is 0 Å². The van der Waals surface area contributed by atoms with Gasteiger partial charge in [-0.1, -0.05) is 12.8 Å². The maximum Gasteiger partial charge on any atom is 0.320 e. The van der Waals surface area contributed by atoms with Crippen LogP contribution in [-0.4, -0.2) is 53.7 Å². The maximum atomic E-state index is 10.9. The van der Waals surface area contributed by atoms with Gasteiger partial charge in [0.15, 0.2) is 5.78 Å². The predicted molar refractivity (Wildman–Crippen MR) is 78.3 cm³/mol. The first kappa shape index (κ1) is 19.3. The third-order valence-corrected chi connectivity index (χ3v) is 3.46. The molecule has 118 valence electrons. The van der Waals surface area contributed by atoms with Gasteiger partial charge in [0.2, 0.25) is 0 Å². The minimum absolute atomic E-state index is 0. The molecule has 0 spiro atoms. The van der Waals surface area contributed by atoms with Gasteiger partial charge < -0.3 is 20.8 Å². The van der Waals surface area contributed by atoms with Crippen molar-refractivity contribution in [2.45, 2.75) is 50.6 Å². The molecule has 0 bridgehead atoms. The van der Waals surface area contributed by atoms with Gasteiger partial charge in [0.25, 0.3) is 0 Å². The first-order valence-corrected chi connectivity index (χ1v) is 6.98. The number of ketones is 1. The molecule has 2 fully saturated rings. The molecule has 0 amide bonds. The Morgan fingerprint density at radius 3 is 1.75 bits per heavy atom. The molecular weight excluding hydrogens is 284 g/mol. The van der Waals surface area contributed by atoms with Crippen LogP contribution in [0, 0.1) is 0 Å². The molecule has 0 aromatic rings. The number of carboxylic acids is 1. The topological polar surface area (TPSA) is 98.7 Å². The SMILES string of the molecule is Cl.O=C(CO)[C@@H]1CCCCN1.O=C(O)[C@@H]1CCCCN1. The highest BCUT2D eigenvalue weighted by Crippen LogP contribution is 2.07. The molecule has 4 N–H and O–H groups in total. The fourth-order valence-corrected chi connectivity index (χ4v) is 2.30. The molecule has 0 aromatic heterocycles. The highest BCUT2D eigenvalue weighted by Gasteiger charge is 2.19. The number of nitrogens with one attached hydrogen (secondary N) is 2. The van der Waals surface area contributed by atoms with Crippen LogP contribution < -0.4 is 10.6 Å². The van der Waals surface area contributed by atoms with Crippen molar-refractivity contribution in [2.75, 3.05) is 19.7 Å². The minimum Gasteiger partial charge on any atom is -0.480 e. The third kappa shape index (κ3) is 7.19. The van der Waals surface area contributed by atoms with Gasteiger partial charge in [0.1, 0.15) is 12.6 Å². The lowest BCUT2D eigenvalue weighted by Crippen LogP contribution is -2.41. The van der Waals surface area contributed by atoms with Crippen LogP contribution in [0.4, 0.5) is 0 Å². The van der Waals surface area contributed by atoms with Crippen LogP contribution in [0.2, 0.25) is 0 Å². The molecule has 0 unspecified atom stereocenters. The minimum atomic E-state index is -0.713. The van der Waals surface area contributed by atoms with Crippen molar-refractivity contribution < 1.29 is 19.8 Å². The lowest BCUT2D eigenvalue weighted by Gasteiger charge is -2.20. The van der Waals surface area contributed by atoms with Crippen molar-refractivity contribution in [3.63, 3.8) is 0 Å². The standard InChI is InChI=1S/C7H13NO2.C6H11NO2.ClH/c9-5-7(10)6-3-1-2-4-8-6;8-6(9)5-3-1-2-4-7-5;/h6,8-9H,1-5H2;5,7H,1-4H2,(H,8,9);1H/t6-;5-;/m00./s1. The van der Waals surface area contributed by atoms with Gasteiger partial charge in [-0.05, 0) is 38.8 Å². The van der Waals surface area contributed by atoms with E-state index in [2.05, 4.69) is 10.6 Å². The summed E-state index contributed by atoms with van der Waals surface area (Å²) in [4.78, 5) is 21.1. The zero-order chi connectivity index (χ0) is 14.1. The van der Waals surface area contributed by atoms with Crippen molar-refractivity contribution >= 4 is 24.2 Å². The Labute approximate surface area is 125 Å². The van der Waals surface area contributed by atoms with Crippen molar-refractivity contribution in [1.29, 1.82) is 0 Å². The van der Waals surface area contributed by atoms with Gasteiger partial charge >= 0.3 is 5.97 Å². The van der Waals surface area contributed by atoms with E-state index < -0.39 is 5.97 Å². The first-order valence-electron chi connectivity index (χ1n) is 6.98. The van der Waals surface area contributed by atoms with Gasteiger partial charge in [-0.25, -0.2) is 0 Å². The Kier molecular flexibility index (Phi) is 10.6. The Balaban J connectivity index is 0.000000345. The molecule has 0 radical (unpaired) electrons. The van der Waals surface area contributed by atoms with E-state index in [9.17, 15) is 9.59 Å². The van der Waals surface area contributed by atoms with Gasteiger partial charge in [-0.15, -0.1) is 12.4 Å². The number of hydrogen-bond acceptors (Lipinski definition) is 5. The van der Waals surface area contributed by atoms with Crippen LogP contribution in [0.3, 0.4) is 0 Å². The van der Waals surface area contributed by atoms with Crippen molar-refractivity contribution in [2.24, 2.45) is 0 Å². The second-order valence-electron chi connectivity index (χ2n) is 4.97. The van der Waals surface area contributed by atoms with Crippen LogP contribution in [0.5, 0.6) is 0 Å². The summed E-state index contributed by atoms with van der Waals surface area (Å²) < 4.78 is 0. The van der Waals surface area contributed by atoms with Gasteiger partial charge in [0, 0.05) is 0 Å². The summed E-state index contributed by atoms with van der Waals surface area (Å²) in [7, 11) is 0. The monoisotopic (exact) mass is 308 g/mol. The van der Waals surface area contributed by atoms with E-state index >= 15 is 0 Å². The highest BCUT2D eigenvalue weighted by atomic mass is 35.5. The summed E-state index contributed by atoms with van der Waals surface area (Å²) in [6.45, 7) is 1.45. The average molecular weight is 309 g/mol. The summed E-state index contributed by atoms with van der Waals surface area (Å²) in [6, 6.07) is -0.350. The molecule has 0 aromatic carbocycles. The summed E-state index contributed by atoms with van der Waals surface area (Å²) >= 11 is 0. The van der Waals surface area contributed by atoms with E-state index in [-0.39, 0.29) is 36.9 Å². The molecule has 2 rings (SSSR count). The van der Waals surface area contributed by atoms with E-state index in [4.69, 9.17) is 10.2 Å². The lowest BCUT2D eigenvalue weighted by atomic mass is 10.0. The predicted octanol–water partition coefficient (Wildman–Crippen LogP) is 0.325. The number of rotatable bonds is 3. The van der Waals surface area contributed by atoms with Crippen LogP contribution in [-0.2, 0) is 9.59 Å². The maximum absolute atomic E-state index is 10.9. The number of Topliss-reactive ketones (excluding diaryl/α,β-unsaturated/α-hetero) is 1. The van der Waals surface area contributed by atoms with Crippen LogP contribution in [0.1, 0.15) is 38.5 Å². The van der Waals surface area contributed by atoms with Crippen LogP contribution >= 0.6 is 12.4 Å². The number of carbonyl (C=O) groups is 2. The average Bonchev–Trinajstić information content (AvgIpc) is 2.49. The molecule has 2 atom stereocenters. The highest BCUT2D eigenvalue weighted by molar-refractivity contribution is 5.85. The van der Waals surface area contributed by atoms with Crippen molar-refractivity contribution in [1.82, 2.24) is 10.6 Å². The number of aliphatic carboxylic acids is 1. The molecule has 20 heavy (non-hydrogen) atoms. The van der Waals surface area contributed by atoms with E-state index in [1.165, 1.54) is 0 Å². The number of aliphatic hydroxyl groups is 1. The molecule has 2 aliphatic heterocycles. The first-order chi connectivity index (χ1) is 9.15. The number of piperidine rings is 2. The molecule has 2 heterocycles. The summed E-state index contributed by atoms with van der Waals surface area (Å²) in [6.07, 6.45) is 6.08. The molecule has 7 heteroatoms. The largest absolute Gasteiger partial charge is 0.480 e. The molecule has 6 nitrogen and oxygen atoms in total. The van der Waals surface area contributed by atoms with E-state index in [0.29, 0.717) is 0 Å². The summed E-state index contributed by atoms with van der Waals surface area (Å²) in [5.74, 6) is -0.783. The van der Waals surface area contributed by atoms with Crippen molar-refractivity contribution in [3.8, 4) is 0 Å². The number of aliphatic hydroxyl groups excluding tert-OH is 1. The molecule has 2 aliphatic rings. The van der Waals surface area contributed by atoms with E-state index in [0.717, 1.165) is 51.6 Å². The quantitative estimate of drug-likeness (QED) is 0.599. The van der Waals surface area contributed by atoms with Gasteiger partial charge in [-0.3, -0.25) is 9.59 Å². The molecule has 0 aliphatic carbocycles. The molecule has 2 saturated heterocycles. The number of hydrogen-bond donors (Lipinski definition) is 4. The zero-order valence-electron chi connectivity index (χ0n) is 11.6. The second kappa shape index (κ2) is 11.0. The third-order valence-electron chi connectivity index (χ3n) is 3.46. The fraction of sp³-hybridized carbons (Fsp3) is 0.846.